The summed E-state index contributed by atoms with van der Waals surface area (Å²) >= 11 is 9.58. The molecule has 3 unspecified atom stereocenters. The van der Waals surface area contributed by atoms with E-state index in [-0.39, 0.29) is 18.2 Å². The molecular weight excluding hydrogens is 484 g/mol. The minimum absolute atomic E-state index is 0.0155. The number of rotatable bonds is 5. The normalized spacial score (nSPS) is 23.0. The van der Waals surface area contributed by atoms with Crippen LogP contribution in [0, 0.1) is 13.8 Å². The van der Waals surface area contributed by atoms with Gasteiger partial charge in [0, 0.05) is 35.2 Å². The zero-order chi connectivity index (χ0) is 22.2. The van der Waals surface area contributed by atoms with E-state index >= 15 is 0 Å². The highest BCUT2D eigenvalue weighted by Gasteiger charge is 2.42. The maximum Gasteiger partial charge on any atom is 0.170 e. The van der Waals surface area contributed by atoms with Crippen LogP contribution in [0.15, 0.2) is 59.2 Å². The first-order chi connectivity index (χ1) is 15.5. The monoisotopic (exact) mass is 510 g/mol. The van der Waals surface area contributed by atoms with Crippen LogP contribution >= 0.6 is 28.1 Å². The lowest BCUT2D eigenvalue weighted by atomic mass is 9.96. The van der Waals surface area contributed by atoms with Gasteiger partial charge in [-0.2, -0.15) is 0 Å². The third-order valence-corrected chi connectivity index (χ3v) is 7.53. The lowest BCUT2D eigenvalue weighted by Crippen LogP contribution is -2.36. The number of aryl methyl sites for hydroxylation is 1. The fourth-order valence-electron chi connectivity index (χ4n) is 5.04. The average molecular weight is 511 g/mol. The van der Waals surface area contributed by atoms with Gasteiger partial charge in [-0.3, -0.25) is 4.98 Å². The van der Waals surface area contributed by atoms with E-state index in [4.69, 9.17) is 17.0 Å². The molecule has 5 rings (SSSR count). The zero-order valence-corrected chi connectivity index (χ0v) is 20.7. The summed E-state index contributed by atoms with van der Waals surface area (Å²) in [6.07, 6.45) is 4.26. The molecule has 2 aliphatic heterocycles. The number of hydrogen-bond acceptors (Lipinski definition) is 3. The van der Waals surface area contributed by atoms with Crippen LogP contribution in [-0.4, -0.2) is 38.8 Å². The molecule has 2 fully saturated rings. The van der Waals surface area contributed by atoms with E-state index in [1.165, 1.54) is 17.0 Å². The first-order valence-corrected chi connectivity index (χ1v) is 12.3. The van der Waals surface area contributed by atoms with E-state index in [2.05, 4.69) is 79.9 Å². The van der Waals surface area contributed by atoms with Gasteiger partial charge in [-0.1, -0.05) is 18.2 Å². The van der Waals surface area contributed by atoms with Crippen LogP contribution in [0.4, 0.5) is 0 Å². The maximum absolute atomic E-state index is 5.98. The molecule has 0 saturated carbocycles. The highest BCUT2D eigenvalue weighted by Crippen LogP contribution is 2.42. The molecule has 5 nitrogen and oxygen atoms in total. The van der Waals surface area contributed by atoms with Crippen molar-refractivity contribution in [2.24, 2.45) is 0 Å². The largest absolute Gasteiger partial charge is 0.376 e. The lowest BCUT2D eigenvalue weighted by Gasteiger charge is -2.30. The number of benzene rings is 1. The standard InChI is InChI=1S/C25H27BrN4OS/c1-16-14-19(17(2)30(16)22-11-4-3-9-20(22)26)24-23(21-10-5-6-12-27-21)28-25(32)29(24)15-18-8-7-13-31-18/h3-6,9-12,14,18,23-24H,7-8,13,15H2,1-2H3,(H,28,32). The second-order valence-corrected chi connectivity index (χ2v) is 9.77. The van der Waals surface area contributed by atoms with Crippen LogP contribution in [-0.2, 0) is 4.74 Å². The molecular formula is C25H27BrN4OS. The maximum atomic E-state index is 5.98. The molecule has 2 aromatic heterocycles. The van der Waals surface area contributed by atoms with Gasteiger partial charge in [0.05, 0.1) is 29.6 Å². The van der Waals surface area contributed by atoms with Crippen molar-refractivity contribution in [1.82, 2.24) is 19.8 Å². The number of aromatic nitrogens is 2. The van der Waals surface area contributed by atoms with Crippen LogP contribution in [0.3, 0.4) is 0 Å². The third kappa shape index (κ3) is 3.87. The van der Waals surface area contributed by atoms with Gasteiger partial charge in [-0.15, -0.1) is 0 Å². The summed E-state index contributed by atoms with van der Waals surface area (Å²) in [7, 11) is 0. The number of ether oxygens (including phenoxy) is 1. The second kappa shape index (κ2) is 8.96. The first kappa shape index (κ1) is 21.6. The molecule has 166 valence electrons. The molecule has 1 N–H and O–H groups in total. The Morgan fingerprint density at radius 1 is 1.19 bits per heavy atom. The Balaban J connectivity index is 1.60. The van der Waals surface area contributed by atoms with E-state index in [9.17, 15) is 0 Å². The van der Waals surface area contributed by atoms with Crippen molar-refractivity contribution in [3.63, 3.8) is 0 Å². The Kier molecular flexibility index (Phi) is 6.05. The van der Waals surface area contributed by atoms with E-state index in [0.29, 0.717) is 0 Å². The molecule has 0 aliphatic carbocycles. The summed E-state index contributed by atoms with van der Waals surface area (Å²) in [6, 6.07) is 16.7. The Bertz CT molecular complexity index is 1130. The van der Waals surface area contributed by atoms with Crippen molar-refractivity contribution in [1.29, 1.82) is 0 Å². The SMILES string of the molecule is Cc1cc(C2C(c3ccccn3)NC(=S)N2CC2CCCO2)c(C)n1-c1ccccc1Br. The van der Waals surface area contributed by atoms with Gasteiger partial charge in [0.25, 0.3) is 0 Å². The summed E-state index contributed by atoms with van der Waals surface area (Å²) in [5.74, 6) is 0. The molecule has 2 saturated heterocycles. The second-order valence-electron chi connectivity index (χ2n) is 8.53. The van der Waals surface area contributed by atoms with Crippen LogP contribution in [0.1, 0.15) is 47.6 Å². The van der Waals surface area contributed by atoms with Crippen molar-refractivity contribution in [3.8, 4) is 5.69 Å². The Hall–Kier alpha value is -2.22. The zero-order valence-electron chi connectivity index (χ0n) is 18.3. The molecule has 0 radical (unpaired) electrons. The topological polar surface area (TPSA) is 42.3 Å². The summed E-state index contributed by atoms with van der Waals surface area (Å²) in [5, 5.41) is 4.34. The highest BCUT2D eigenvalue weighted by molar-refractivity contribution is 9.10. The number of para-hydroxylation sites is 1. The molecule has 4 heterocycles. The summed E-state index contributed by atoms with van der Waals surface area (Å²) < 4.78 is 9.37. The number of thiocarbonyl (C=S) groups is 1. The molecule has 1 aromatic carbocycles. The number of halogens is 1. The highest BCUT2D eigenvalue weighted by atomic mass is 79.9. The summed E-state index contributed by atoms with van der Waals surface area (Å²) in [6.45, 7) is 5.99. The van der Waals surface area contributed by atoms with Gasteiger partial charge in [-0.25, -0.2) is 0 Å². The van der Waals surface area contributed by atoms with Crippen LogP contribution in [0.5, 0.6) is 0 Å². The van der Waals surface area contributed by atoms with Crippen molar-refractivity contribution >= 4 is 33.3 Å². The molecule has 0 bridgehead atoms. The third-order valence-electron chi connectivity index (χ3n) is 6.50. The molecule has 32 heavy (non-hydrogen) atoms. The minimum atomic E-state index is -0.0155. The van der Waals surface area contributed by atoms with Crippen LogP contribution in [0.25, 0.3) is 5.69 Å². The predicted molar refractivity (Wildman–Crippen MR) is 134 cm³/mol. The fraction of sp³-hybridized carbons (Fsp3) is 0.360. The molecule has 0 amide bonds. The number of hydrogen-bond donors (Lipinski definition) is 1. The quantitative estimate of drug-likeness (QED) is 0.465. The Labute approximate surface area is 202 Å². The van der Waals surface area contributed by atoms with E-state index in [1.807, 2.05) is 24.4 Å². The predicted octanol–water partition coefficient (Wildman–Crippen LogP) is 5.40. The van der Waals surface area contributed by atoms with Gasteiger partial charge in [0.1, 0.15) is 0 Å². The van der Waals surface area contributed by atoms with Gasteiger partial charge < -0.3 is 19.5 Å². The van der Waals surface area contributed by atoms with Gasteiger partial charge in [0.2, 0.25) is 0 Å². The molecule has 0 spiro atoms. The first-order valence-electron chi connectivity index (χ1n) is 11.1. The van der Waals surface area contributed by atoms with E-state index in [1.54, 1.807) is 0 Å². The molecule has 3 atom stereocenters. The Morgan fingerprint density at radius 3 is 2.72 bits per heavy atom. The lowest BCUT2D eigenvalue weighted by molar-refractivity contribution is 0.0842. The Morgan fingerprint density at radius 2 is 2.00 bits per heavy atom. The van der Waals surface area contributed by atoms with Crippen molar-refractivity contribution in [3.05, 3.63) is 81.8 Å². The van der Waals surface area contributed by atoms with E-state index < -0.39 is 0 Å². The average Bonchev–Trinajstić information content (AvgIpc) is 3.49. The van der Waals surface area contributed by atoms with Crippen molar-refractivity contribution < 1.29 is 4.74 Å². The van der Waals surface area contributed by atoms with Gasteiger partial charge >= 0.3 is 0 Å². The molecule has 7 heteroatoms. The number of nitrogens with zero attached hydrogens (tertiary/aromatic N) is 3. The smallest absolute Gasteiger partial charge is 0.170 e. The van der Waals surface area contributed by atoms with Crippen LogP contribution < -0.4 is 5.32 Å². The fourth-order valence-corrected chi connectivity index (χ4v) is 5.82. The summed E-state index contributed by atoms with van der Waals surface area (Å²) in [4.78, 5) is 6.99. The van der Waals surface area contributed by atoms with Gasteiger partial charge in [-0.05, 0) is 90.7 Å². The number of nitrogens with one attached hydrogen (secondary N) is 1. The van der Waals surface area contributed by atoms with Crippen molar-refractivity contribution in [2.75, 3.05) is 13.2 Å². The summed E-state index contributed by atoms with van der Waals surface area (Å²) in [5.41, 5.74) is 5.81. The van der Waals surface area contributed by atoms with Crippen LogP contribution in [0.2, 0.25) is 0 Å². The van der Waals surface area contributed by atoms with Gasteiger partial charge in [0.15, 0.2) is 5.11 Å². The minimum Gasteiger partial charge on any atom is -0.376 e. The van der Waals surface area contributed by atoms with E-state index in [0.717, 1.165) is 47.0 Å². The molecule has 3 aromatic rings. The molecule has 2 aliphatic rings. The number of pyridine rings is 1. The van der Waals surface area contributed by atoms with Crippen molar-refractivity contribution in [2.45, 2.75) is 44.9 Å².